The third-order valence-electron chi connectivity index (χ3n) is 4.54. The zero-order valence-corrected chi connectivity index (χ0v) is 18.4. The molecule has 9 heteroatoms. The Morgan fingerprint density at radius 1 is 1.10 bits per heavy atom. The van der Waals surface area contributed by atoms with Crippen LogP contribution in [-0.4, -0.2) is 32.8 Å². The second-order valence-corrected chi connectivity index (χ2v) is 9.12. The lowest BCUT2D eigenvalue weighted by Crippen LogP contribution is -2.27. The van der Waals surface area contributed by atoms with Gasteiger partial charge < -0.3 is 10.1 Å². The minimum atomic E-state index is -3.97. The summed E-state index contributed by atoms with van der Waals surface area (Å²) in [5.74, 6) is -1.18. The zero-order chi connectivity index (χ0) is 22.6. The Hall–Kier alpha value is -2.94. The maximum atomic E-state index is 13.6. The third kappa shape index (κ3) is 5.22. The van der Waals surface area contributed by atoms with Crippen molar-refractivity contribution in [1.82, 2.24) is 4.31 Å². The molecule has 0 aliphatic rings. The van der Waals surface area contributed by atoms with Crippen molar-refractivity contribution in [3.8, 4) is 5.75 Å². The van der Waals surface area contributed by atoms with E-state index < -0.39 is 21.7 Å². The van der Waals surface area contributed by atoms with E-state index in [-0.39, 0.29) is 33.5 Å². The number of anilines is 1. The van der Waals surface area contributed by atoms with Crippen LogP contribution in [0, 0.1) is 5.82 Å². The number of benzene rings is 3. The van der Waals surface area contributed by atoms with Gasteiger partial charge in [0.15, 0.2) is 0 Å². The minimum Gasteiger partial charge on any atom is -0.495 e. The van der Waals surface area contributed by atoms with Crippen molar-refractivity contribution < 1.29 is 22.3 Å². The monoisotopic (exact) mass is 462 g/mol. The smallest absolute Gasteiger partial charge is 0.255 e. The van der Waals surface area contributed by atoms with Crippen LogP contribution in [0.4, 0.5) is 10.1 Å². The molecule has 0 bridgehead atoms. The molecule has 6 nitrogen and oxygen atoms in total. The van der Waals surface area contributed by atoms with Crippen LogP contribution in [0.25, 0.3) is 0 Å². The van der Waals surface area contributed by atoms with E-state index in [1.54, 1.807) is 0 Å². The first-order valence-corrected chi connectivity index (χ1v) is 11.0. The van der Waals surface area contributed by atoms with Gasteiger partial charge in [-0.2, -0.15) is 4.31 Å². The lowest BCUT2D eigenvalue weighted by molar-refractivity contribution is 0.102. The predicted octanol–water partition coefficient (Wildman–Crippen LogP) is 4.56. The Bertz CT molecular complexity index is 1200. The van der Waals surface area contributed by atoms with Gasteiger partial charge in [0.25, 0.3) is 5.91 Å². The average molecular weight is 463 g/mol. The predicted molar refractivity (Wildman–Crippen MR) is 117 cm³/mol. The number of hydrogen-bond acceptors (Lipinski definition) is 4. The number of nitrogens with zero attached hydrogens (tertiary/aromatic N) is 1. The van der Waals surface area contributed by atoms with E-state index >= 15 is 0 Å². The highest BCUT2D eigenvalue weighted by atomic mass is 35.5. The average Bonchev–Trinajstić information content (AvgIpc) is 2.76. The number of sulfonamides is 1. The Labute approximate surface area is 185 Å². The maximum absolute atomic E-state index is 13.6. The molecule has 3 aromatic rings. The molecule has 162 valence electrons. The molecule has 0 fully saturated rings. The Morgan fingerprint density at radius 3 is 2.45 bits per heavy atom. The van der Waals surface area contributed by atoms with Crippen molar-refractivity contribution in [1.29, 1.82) is 0 Å². The Balaban J connectivity index is 1.90. The molecule has 0 heterocycles. The molecule has 3 rings (SSSR count). The Morgan fingerprint density at radius 2 is 1.81 bits per heavy atom. The fraction of sp³-hybridized carbons (Fsp3) is 0.136. The van der Waals surface area contributed by atoms with Crippen molar-refractivity contribution in [3.05, 3.63) is 88.7 Å². The van der Waals surface area contributed by atoms with Crippen LogP contribution in [0.1, 0.15) is 15.9 Å². The normalized spacial score (nSPS) is 11.4. The lowest BCUT2D eigenvalue weighted by atomic mass is 10.2. The molecule has 0 radical (unpaired) electrons. The van der Waals surface area contributed by atoms with Crippen molar-refractivity contribution in [2.75, 3.05) is 19.5 Å². The molecule has 1 N–H and O–H groups in total. The summed E-state index contributed by atoms with van der Waals surface area (Å²) in [5.41, 5.74) is 1.07. The highest BCUT2D eigenvalue weighted by molar-refractivity contribution is 7.89. The highest BCUT2D eigenvalue weighted by Crippen LogP contribution is 2.29. The molecule has 0 unspecified atom stereocenters. The van der Waals surface area contributed by atoms with E-state index in [1.807, 2.05) is 30.3 Å². The molecule has 0 saturated carbocycles. The Kier molecular flexibility index (Phi) is 6.94. The van der Waals surface area contributed by atoms with E-state index in [0.29, 0.717) is 0 Å². The van der Waals surface area contributed by atoms with Crippen LogP contribution in [0.2, 0.25) is 5.02 Å². The zero-order valence-electron chi connectivity index (χ0n) is 16.8. The highest BCUT2D eigenvalue weighted by Gasteiger charge is 2.26. The van der Waals surface area contributed by atoms with Crippen LogP contribution in [0.3, 0.4) is 0 Å². The van der Waals surface area contributed by atoms with Gasteiger partial charge >= 0.3 is 0 Å². The van der Waals surface area contributed by atoms with E-state index in [1.165, 1.54) is 48.8 Å². The molecule has 0 saturated heterocycles. The van der Waals surface area contributed by atoms with Crippen molar-refractivity contribution in [2.24, 2.45) is 0 Å². The molecule has 31 heavy (non-hydrogen) atoms. The molecule has 0 aliphatic heterocycles. The lowest BCUT2D eigenvalue weighted by Gasteiger charge is -2.19. The summed E-state index contributed by atoms with van der Waals surface area (Å²) in [7, 11) is -1.17. The van der Waals surface area contributed by atoms with Crippen LogP contribution in [0.5, 0.6) is 5.75 Å². The molecular formula is C22H20ClFN2O4S. The first-order valence-electron chi connectivity index (χ1n) is 9.17. The van der Waals surface area contributed by atoms with Crippen molar-refractivity contribution >= 4 is 33.2 Å². The number of nitrogens with one attached hydrogen (secondary N) is 1. The standard InChI is InChI=1S/C22H20ClFN2O4S/c1-26(14-15-6-4-3-5-7-15)31(28,29)21-12-16(8-11-20(21)30-2)22(27)25-17-9-10-18(23)19(24)13-17/h3-13H,14H2,1-2H3,(H,25,27). The van der Waals surface area contributed by atoms with Crippen molar-refractivity contribution in [3.63, 3.8) is 0 Å². The molecule has 0 aromatic heterocycles. The van der Waals surface area contributed by atoms with E-state index in [4.69, 9.17) is 16.3 Å². The van der Waals surface area contributed by atoms with Crippen LogP contribution < -0.4 is 10.1 Å². The van der Waals surface area contributed by atoms with Gasteiger partial charge in [0.1, 0.15) is 16.5 Å². The van der Waals surface area contributed by atoms with Gasteiger partial charge in [-0.15, -0.1) is 0 Å². The maximum Gasteiger partial charge on any atom is 0.255 e. The number of rotatable bonds is 7. The number of carbonyl (C=O) groups is 1. The number of hydrogen-bond donors (Lipinski definition) is 1. The summed E-state index contributed by atoms with van der Waals surface area (Å²) < 4.78 is 46.4. The summed E-state index contributed by atoms with van der Waals surface area (Å²) in [4.78, 5) is 12.5. The topological polar surface area (TPSA) is 75.7 Å². The molecule has 0 spiro atoms. The third-order valence-corrected chi connectivity index (χ3v) is 6.67. The molecule has 0 atom stereocenters. The molecule has 0 aliphatic carbocycles. The quantitative estimate of drug-likeness (QED) is 0.558. The summed E-state index contributed by atoms with van der Waals surface area (Å²) in [6.07, 6.45) is 0. The van der Waals surface area contributed by atoms with Gasteiger partial charge in [-0.05, 0) is 42.0 Å². The molecule has 3 aromatic carbocycles. The van der Waals surface area contributed by atoms with Gasteiger partial charge in [0, 0.05) is 24.8 Å². The fourth-order valence-corrected chi connectivity index (χ4v) is 4.34. The summed E-state index contributed by atoms with van der Waals surface area (Å²) >= 11 is 5.65. The number of methoxy groups -OCH3 is 1. The number of halogens is 2. The number of carbonyl (C=O) groups excluding carboxylic acids is 1. The van der Waals surface area contributed by atoms with Gasteiger partial charge in [-0.25, -0.2) is 12.8 Å². The largest absolute Gasteiger partial charge is 0.495 e. The van der Waals surface area contributed by atoms with Crippen LogP contribution >= 0.6 is 11.6 Å². The van der Waals surface area contributed by atoms with E-state index in [2.05, 4.69) is 5.32 Å². The second kappa shape index (κ2) is 9.47. The van der Waals surface area contributed by atoms with Crippen LogP contribution in [-0.2, 0) is 16.6 Å². The fourth-order valence-electron chi connectivity index (χ4n) is 2.89. The van der Waals surface area contributed by atoms with Crippen LogP contribution in [0.15, 0.2) is 71.6 Å². The summed E-state index contributed by atoms with van der Waals surface area (Å²) in [5, 5.41) is 2.45. The van der Waals surface area contributed by atoms with Gasteiger partial charge in [0.05, 0.1) is 12.1 Å². The van der Waals surface area contributed by atoms with Gasteiger partial charge in [-0.3, -0.25) is 4.79 Å². The molecular weight excluding hydrogens is 443 g/mol. The minimum absolute atomic E-state index is 0.0720. The molecule has 1 amide bonds. The van der Waals surface area contributed by atoms with Gasteiger partial charge in [0.2, 0.25) is 10.0 Å². The summed E-state index contributed by atoms with van der Waals surface area (Å²) in [6, 6.07) is 17.0. The first kappa shape index (κ1) is 22.7. The van der Waals surface area contributed by atoms with Gasteiger partial charge in [-0.1, -0.05) is 41.9 Å². The number of ether oxygens (including phenoxy) is 1. The second-order valence-electron chi connectivity index (χ2n) is 6.70. The first-order chi connectivity index (χ1) is 14.7. The SMILES string of the molecule is COc1ccc(C(=O)Nc2ccc(Cl)c(F)c2)cc1S(=O)(=O)N(C)Cc1ccccc1. The number of amides is 1. The summed E-state index contributed by atoms with van der Waals surface area (Å²) in [6.45, 7) is 0.146. The van der Waals surface area contributed by atoms with E-state index in [0.717, 1.165) is 11.6 Å². The van der Waals surface area contributed by atoms with Crippen molar-refractivity contribution in [2.45, 2.75) is 11.4 Å². The van der Waals surface area contributed by atoms with E-state index in [9.17, 15) is 17.6 Å².